The Morgan fingerprint density at radius 3 is 2.44 bits per heavy atom. The van der Waals surface area contributed by atoms with E-state index in [1.165, 1.54) is 22.3 Å². The molecule has 4 heteroatoms. The number of aryl methyl sites for hydroxylation is 3. The van der Waals surface area contributed by atoms with Crippen LogP contribution in [-0.2, 0) is 16.1 Å². The average molecular weight is 250 g/mol. The maximum Gasteiger partial charge on any atom is 0.243 e. The van der Waals surface area contributed by atoms with E-state index in [2.05, 4.69) is 38.2 Å². The number of nitrogens with two attached hydrogens (primary N) is 1. The predicted octanol–water partition coefficient (Wildman–Crippen LogP) is 1.20. The molecule has 18 heavy (non-hydrogen) atoms. The van der Waals surface area contributed by atoms with E-state index in [-0.39, 0.29) is 6.61 Å². The summed E-state index contributed by atoms with van der Waals surface area (Å²) < 4.78 is 5.08. The number of primary amides is 1. The summed E-state index contributed by atoms with van der Waals surface area (Å²) in [5.41, 5.74) is 10.2. The number of carbonyl (C=O) groups is 1. The van der Waals surface area contributed by atoms with E-state index >= 15 is 0 Å². The van der Waals surface area contributed by atoms with Gasteiger partial charge in [-0.1, -0.05) is 17.7 Å². The standard InChI is InChI=1S/C14H22N2O2/c1-10-6-11(2)13(12(3)7-10)8-16-4-5-18-9-14(15)17/h6-7,16H,4-5,8-9H2,1-3H3,(H2,15,17). The van der Waals surface area contributed by atoms with E-state index in [9.17, 15) is 4.79 Å². The topological polar surface area (TPSA) is 64.3 Å². The van der Waals surface area contributed by atoms with Gasteiger partial charge < -0.3 is 15.8 Å². The summed E-state index contributed by atoms with van der Waals surface area (Å²) in [5.74, 6) is -0.430. The van der Waals surface area contributed by atoms with Crippen molar-refractivity contribution >= 4 is 5.91 Å². The van der Waals surface area contributed by atoms with E-state index in [1.807, 2.05) is 0 Å². The molecule has 3 N–H and O–H groups in total. The first-order valence-corrected chi connectivity index (χ1v) is 6.14. The number of hydrogen-bond acceptors (Lipinski definition) is 3. The lowest BCUT2D eigenvalue weighted by atomic mass is 10.00. The number of hydrogen-bond donors (Lipinski definition) is 2. The molecule has 0 aliphatic heterocycles. The first kappa shape index (κ1) is 14.7. The van der Waals surface area contributed by atoms with Gasteiger partial charge >= 0.3 is 0 Å². The van der Waals surface area contributed by atoms with Crippen LogP contribution in [0.2, 0.25) is 0 Å². The number of benzene rings is 1. The van der Waals surface area contributed by atoms with E-state index in [4.69, 9.17) is 10.5 Å². The second-order valence-electron chi connectivity index (χ2n) is 4.57. The Hall–Kier alpha value is -1.39. The molecule has 0 heterocycles. The van der Waals surface area contributed by atoms with Gasteiger partial charge in [-0.2, -0.15) is 0 Å². The van der Waals surface area contributed by atoms with E-state index in [1.54, 1.807) is 0 Å². The minimum Gasteiger partial charge on any atom is -0.370 e. The summed E-state index contributed by atoms with van der Waals surface area (Å²) in [5, 5.41) is 3.30. The van der Waals surface area contributed by atoms with Gasteiger partial charge in [0.05, 0.1) is 6.61 Å². The first-order chi connectivity index (χ1) is 8.50. The van der Waals surface area contributed by atoms with Crippen LogP contribution in [0.4, 0.5) is 0 Å². The Balaban J connectivity index is 2.33. The molecule has 0 radical (unpaired) electrons. The van der Waals surface area contributed by atoms with Gasteiger partial charge in [0.2, 0.25) is 5.91 Å². The van der Waals surface area contributed by atoms with Gasteiger partial charge in [-0.05, 0) is 37.5 Å². The molecule has 0 saturated carbocycles. The Labute approximate surface area is 109 Å². The van der Waals surface area contributed by atoms with Crippen molar-refractivity contribution in [2.24, 2.45) is 5.73 Å². The van der Waals surface area contributed by atoms with Gasteiger partial charge in [-0.15, -0.1) is 0 Å². The lowest BCUT2D eigenvalue weighted by molar-refractivity contribution is -0.122. The number of nitrogens with one attached hydrogen (secondary N) is 1. The van der Waals surface area contributed by atoms with Gasteiger partial charge in [0, 0.05) is 13.1 Å². The summed E-state index contributed by atoms with van der Waals surface area (Å²) in [6, 6.07) is 4.38. The molecule has 0 aromatic heterocycles. The minimum absolute atomic E-state index is 0.00966. The zero-order chi connectivity index (χ0) is 13.5. The molecular formula is C14H22N2O2. The maximum absolute atomic E-state index is 10.5. The lowest BCUT2D eigenvalue weighted by Crippen LogP contribution is -2.24. The van der Waals surface area contributed by atoms with Crippen LogP contribution in [0.3, 0.4) is 0 Å². The second kappa shape index (κ2) is 7.13. The SMILES string of the molecule is Cc1cc(C)c(CNCCOCC(N)=O)c(C)c1. The van der Waals surface area contributed by atoms with Crippen molar-refractivity contribution in [2.75, 3.05) is 19.8 Å². The molecule has 0 fully saturated rings. The van der Waals surface area contributed by atoms with Crippen molar-refractivity contribution in [1.82, 2.24) is 5.32 Å². The summed E-state index contributed by atoms with van der Waals surface area (Å²) in [6.07, 6.45) is 0. The molecule has 4 nitrogen and oxygen atoms in total. The molecule has 0 spiro atoms. The molecule has 100 valence electrons. The van der Waals surface area contributed by atoms with Gasteiger partial charge in [0.25, 0.3) is 0 Å². The number of carbonyl (C=O) groups excluding carboxylic acids is 1. The normalized spacial score (nSPS) is 10.6. The van der Waals surface area contributed by atoms with Crippen molar-refractivity contribution < 1.29 is 9.53 Å². The summed E-state index contributed by atoms with van der Waals surface area (Å²) in [6.45, 7) is 8.37. The van der Waals surface area contributed by atoms with Crippen molar-refractivity contribution in [3.05, 3.63) is 34.4 Å². The molecule has 1 rings (SSSR count). The van der Waals surface area contributed by atoms with Gasteiger partial charge in [-0.25, -0.2) is 0 Å². The average Bonchev–Trinajstić information content (AvgIpc) is 2.25. The molecule has 0 saturated heterocycles. The molecule has 0 aliphatic rings. The third kappa shape index (κ3) is 4.85. The maximum atomic E-state index is 10.5. The van der Waals surface area contributed by atoms with Crippen LogP contribution < -0.4 is 11.1 Å². The highest BCUT2D eigenvalue weighted by atomic mass is 16.5. The number of amides is 1. The molecule has 0 bridgehead atoms. The highest BCUT2D eigenvalue weighted by Crippen LogP contribution is 2.15. The Bertz CT molecular complexity index is 393. The molecule has 0 aliphatic carbocycles. The fraction of sp³-hybridized carbons (Fsp3) is 0.500. The van der Waals surface area contributed by atoms with Crippen molar-refractivity contribution in [3.8, 4) is 0 Å². The van der Waals surface area contributed by atoms with Crippen LogP contribution >= 0.6 is 0 Å². The zero-order valence-electron chi connectivity index (χ0n) is 11.4. The van der Waals surface area contributed by atoms with E-state index in [0.717, 1.165) is 6.54 Å². The zero-order valence-corrected chi connectivity index (χ0v) is 11.4. The fourth-order valence-electron chi connectivity index (χ4n) is 2.02. The van der Waals surface area contributed by atoms with E-state index in [0.29, 0.717) is 13.2 Å². The van der Waals surface area contributed by atoms with Crippen molar-refractivity contribution in [2.45, 2.75) is 27.3 Å². The van der Waals surface area contributed by atoms with Crippen LogP contribution in [-0.4, -0.2) is 25.7 Å². The summed E-state index contributed by atoms with van der Waals surface area (Å²) in [7, 11) is 0. The monoisotopic (exact) mass is 250 g/mol. The lowest BCUT2D eigenvalue weighted by Gasteiger charge is -2.12. The molecule has 1 aromatic rings. The highest BCUT2D eigenvalue weighted by Gasteiger charge is 2.03. The number of ether oxygens (including phenoxy) is 1. The number of rotatable bonds is 7. The van der Waals surface area contributed by atoms with Gasteiger partial charge in [0.1, 0.15) is 6.61 Å². The molecule has 1 aromatic carbocycles. The smallest absolute Gasteiger partial charge is 0.243 e. The largest absolute Gasteiger partial charge is 0.370 e. The second-order valence-corrected chi connectivity index (χ2v) is 4.57. The van der Waals surface area contributed by atoms with Gasteiger partial charge in [-0.3, -0.25) is 4.79 Å². The van der Waals surface area contributed by atoms with Crippen LogP contribution in [0.1, 0.15) is 22.3 Å². The minimum atomic E-state index is -0.430. The molecule has 0 atom stereocenters. The summed E-state index contributed by atoms with van der Waals surface area (Å²) >= 11 is 0. The van der Waals surface area contributed by atoms with Crippen LogP contribution in [0.25, 0.3) is 0 Å². The summed E-state index contributed by atoms with van der Waals surface area (Å²) in [4.78, 5) is 10.5. The molecular weight excluding hydrogens is 228 g/mol. The first-order valence-electron chi connectivity index (χ1n) is 6.14. The third-order valence-corrected chi connectivity index (χ3v) is 2.81. The van der Waals surface area contributed by atoms with Crippen LogP contribution in [0.15, 0.2) is 12.1 Å². The van der Waals surface area contributed by atoms with Gasteiger partial charge in [0.15, 0.2) is 0 Å². The molecule has 1 amide bonds. The predicted molar refractivity (Wildman–Crippen MR) is 72.4 cm³/mol. The fourth-order valence-corrected chi connectivity index (χ4v) is 2.02. The quantitative estimate of drug-likeness (QED) is 0.715. The van der Waals surface area contributed by atoms with Crippen LogP contribution in [0.5, 0.6) is 0 Å². The Morgan fingerprint density at radius 1 is 1.28 bits per heavy atom. The van der Waals surface area contributed by atoms with E-state index < -0.39 is 5.91 Å². The Morgan fingerprint density at radius 2 is 1.89 bits per heavy atom. The Kier molecular flexibility index (Phi) is 5.82. The highest BCUT2D eigenvalue weighted by molar-refractivity contribution is 5.74. The van der Waals surface area contributed by atoms with Crippen molar-refractivity contribution in [3.63, 3.8) is 0 Å². The van der Waals surface area contributed by atoms with Crippen molar-refractivity contribution in [1.29, 1.82) is 0 Å². The van der Waals surface area contributed by atoms with Crippen LogP contribution in [0, 0.1) is 20.8 Å². The molecule has 0 unspecified atom stereocenters. The third-order valence-electron chi connectivity index (χ3n) is 2.81.